The number of nitrogens with zero attached hydrogens (tertiary/aromatic N) is 2. The molecule has 21 heavy (non-hydrogen) atoms. The minimum absolute atomic E-state index is 0.0314. The zero-order chi connectivity index (χ0) is 15.2. The summed E-state index contributed by atoms with van der Waals surface area (Å²) >= 11 is 6.40. The average Bonchev–Trinajstić information content (AvgIpc) is 2.92. The van der Waals surface area contributed by atoms with Crippen molar-refractivity contribution in [3.63, 3.8) is 0 Å². The predicted molar refractivity (Wildman–Crippen MR) is 86.0 cm³/mol. The van der Waals surface area contributed by atoms with Crippen LogP contribution >= 0.6 is 11.6 Å². The van der Waals surface area contributed by atoms with Gasteiger partial charge in [-0.15, -0.1) is 0 Å². The predicted octanol–water partition coefficient (Wildman–Crippen LogP) is 3.65. The highest BCUT2D eigenvalue weighted by atomic mass is 35.5. The molecule has 1 aromatic heterocycles. The molecule has 0 aliphatic rings. The molecular formula is C16H22ClN3O. The quantitative estimate of drug-likeness (QED) is 0.848. The number of nitrogens with one attached hydrogen (secondary N) is 1. The van der Waals surface area contributed by atoms with Gasteiger partial charge in [0.1, 0.15) is 5.69 Å². The van der Waals surface area contributed by atoms with Crippen molar-refractivity contribution >= 4 is 11.6 Å². The van der Waals surface area contributed by atoms with Gasteiger partial charge in [-0.25, -0.2) is 0 Å². The van der Waals surface area contributed by atoms with E-state index in [2.05, 4.69) is 24.3 Å². The first-order valence-electron chi connectivity index (χ1n) is 7.30. The maximum Gasteiger partial charge on any atom is 0.161 e. The van der Waals surface area contributed by atoms with E-state index in [0.29, 0.717) is 0 Å². The van der Waals surface area contributed by atoms with Gasteiger partial charge >= 0.3 is 0 Å². The summed E-state index contributed by atoms with van der Waals surface area (Å²) in [6.45, 7) is 5.89. The maximum absolute atomic E-state index is 6.40. The van der Waals surface area contributed by atoms with Gasteiger partial charge in [0.25, 0.3) is 0 Å². The highest BCUT2D eigenvalue weighted by Gasteiger charge is 2.24. The Hall–Kier alpha value is -1.52. The molecule has 0 amide bonds. The number of methoxy groups -OCH3 is 1. The molecular weight excluding hydrogens is 286 g/mol. The summed E-state index contributed by atoms with van der Waals surface area (Å²) in [5.41, 5.74) is 2.06. The third kappa shape index (κ3) is 3.39. The minimum atomic E-state index is -0.0314. The van der Waals surface area contributed by atoms with Crippen LogP contribution < -0.4 is 10.1 Å². The van der Waals surface area contributed by atoms with Crippen LogP contribution in [0, 0.1) is 0 Å². The molecule has 0 spiro atoms. The summed E-state index contributed by atoms with van der Waals surface area (Å²) in [6.07, 6.45) is 2.81. The van der Waals surface area contributed by atoms with Crippen molar-refractivity contribution in [3.05, 3.63) is 46.7 Å². The largest absolute Gasteiger partial charge is 0.493 e. The first-order valence-corrected chi connectivity index (χ1v) is 7.68. The Morgan fingerprint density at radius 1 is 1.33 bits per heavy atom. The monoisotopic (exact) mass is 307 g/mol. The van der Waals surface area contributed by atoms with Gasteiger partial charge in [-0.3, -0.25) is 4.68 Å². The zero-order valence-electron chi connectivity index (χ0n) is 12.8. The van der Waals surface area contributed by atoms with E-state index >= 15 is 0 Å². The fourth-order valence-electron chi connectivity index (χ4n) is 2.43. The summed E-state index contributed by atoms with van der Waals surface area (Å²) in [7, 11) is 1.67. The number of rotatable bonds is 7. The van der Waals surface area contributed by atoms with Crippen molar-refractivity contribution in [2.75, 3.05) is 13.7 Å². The van der Waals surface area contributed by atoms with E-state index in [4.69, 9.17) is 16.3 Å². The molecule has 1 unspecified atom stereocenters. The Morgan fingerprint density at radius 3 is 2.71 bits per heavy atom. The van der Waals surface area contributed by atoms with Crippen LogP contribution in [-0.4, -0.2) is 23.4 Å². The van der Waals surface area contributed by atoms with Gasteiger partial charge in [0, 0.05) is 11.6 Å². The fraction of sp³-hybridized carbons (Fsp3) is 0.438. The second-order valence-corrected chi connectivity index (χ2v) is 5.23. The van der Waals surface area contributed by atoms with Crippen LogP contribution in [0.5, 0.6) is 5.75 Å². The summed E-state index contributed by atoms with van der Waals surface area (Å²) in [5, 5.41) is 8.70. The highest BCUT2D eigenvalue weighted by molar-refractivity contribution is 6.31. The molecule has 1 heterocycles. The third-order valence-electron chi connectivity index (χ3n) is 3.45. The molecule has 2 rings (SSSR count). The molecule has 1 atom stereocenters. The lowest BCUT2D eigenvalue weighted by molar-refractivity contribution is 0.398. The van der Waals surface area contributed by atoms with Gasteiger partial charge in [-0.1, -0.05) is 36.7 Å². The fourth-order valence-corrected chi connectivity index (χ4v) is 2.67. The Bertz CT molecular complexity index is 561. The Morgan fingerprint density at radius 2 is 2.10 bits per heavy atom. The minimum Gasteiger partial charge on any atom is -0.493 e. The Balaban J connectivity index is 2.50. The molecule has 0 radical (unpaired) electrons. The topological polar surface area (TPSA) is 39.1 Å². The Labute approximate surface area is 131 Å². The molecule has 4 nitrogen and oxygen atoms in total. The lowest BCUT2D eigenvalue weighted by atomic mass is 10.0. The number of aromatic nitrogens is 2. The molecule has 0 aliphatic carbocycles. The maximum atomic E-state index is 6.40. The molecule has 0 aliphatic heterocycles. The molecule has 1 aromatic carbocycles. The SMILES string of the molecule is CCCNC(c1ccccc1Cl)c1c(OC)cnn1CC. The van der Waals surface area contributed by atoms with Crippen LogP contribution in [0.2, 0.25) is 5.02 Å². The Kier molecular flexibility index (Phi) is 5.65. The van der Waals surface area contributed by atoms with Crippen molar-refractivity contribution in [1.29, 1.82) is 0 Å². The van der Waals surface area contributed by atoms with Gasteiger partial charge < -0.3 is 10.1 Å². The zero-order valence-corrected chi connectivity index (χ0v) is 13.5. The number of aryl methyl sites for hydroxylation is 1. The number of hydrogen-bond acceptors (Lipinski definition) is 3. The smallest absolute Gasteiger partial charge is 0.161 e. The van der Waals surface area contributed by atoms with E-state index in [1.54, 1.807) is 13.3 Å². The van der Waals surface area contributed by atoms with E-state index in [1.165, 1.54) is 0 Å². The van der Waals surface area contributed by atoms with Crippen molar-refractivity contribution in [2.24, 2.45) is 0 Å². The lowest BCUT2D eigenvalue weighted by Gasteiger charge is -2.22. The van der Waals surface area contributed by atoms with Gasteiger partial charge in [0.05, 0.1) is 19.3 Å². The molecule has 0 saturated heterocycles. The molecule has 0 saturated carbocycles. The summed E-state index contributed by atoms with van der Waals surface area (Å²) in [6, 6.07) is 7.87. The number of benzene rings is 1. The van der Waals surface area contributed by atoms with Crippen molar-refractivity contribution < 1.29 is 4.74 Å². The van der Waals surface area contributed by atoms with Crippen molar-refractivity contribution in [1.82, 2.24) is 15.1 Å². The second-order valence-electron chi connectivity index (χ2n) is 4.82. The highest BCUT2D eigenvalue weighted by Crippen LogP contribution is 2.33. The van der Waals surface area contributed by atoms with Crippen molar-refractivity contribution in [2.45, 2.75) is 32.9 Å². The van der Waals surface area contributed by atoms with E-state index in [-0.39, 0.29) is 6.04 Å². The molecule has 0 fully saturated rings. The van der Waals surface area contributed by atoms with Crippen LogP contribution in [0.25, 0.3) is 0 Å². The molecule has 114 valence electrons. The van der Waals surface area contributed by atoms with Crippen LogP contribution in [0.1, 0.15) is 37.6 Å². The second kappa shape index (κ2) is 7.48. The van der Waals surface area contributed by atoms with E-state index in [9.17, 15) is 0 Å². The van der Waals surface area contributed by atoms with Gasteiger partial charge in [-0.05, 0) is 31.5 Å². The van der Waals surface area contributed by atoms with Gasteiger partial charge in [0.2, 0.25) is 0 Å². The van der Waals surface area contributed by atoms with E-state index in [1.807, 2.05) is 28.9 Å². The van der Waals surface area contributed by atoms with Crippen LogP contribution in [-0.2, 0) is 6.54 Å². The van der Waals surface area contributed by atoms with E-state index < -0.39 is 0 Å². The van der Waals surface area contributed by atoms with Crippen LogP contribution in [0.15, 0.2) is 30.5 Å². The van der Waals surface area contributed by atoms with Gasteiger partial charge in [-0.2, -0.15) is 5.10 Å². The average molecular weight is 308 g/mol. The summed E-state index contributed by atoms with van der Waals surface area (Å²) < 4.78 is 7.44. The molecule has 0 bridgehead atoms. The first kappa shape index (κ1) is 15.9. The molecule has 1 N–H and O–H groups in total. The standard InChI is InChI=1S/C16H22ClN3O/c1-4-10-18-15(12-8-6-7-9-13(12)17)16-14(21-3)11-19-20(16)5-2/h6-9,11,15,18H,4-5,10H2,1-3H3. The normalized spacial score (nSPS) is 12.4. The summed E-state index contributed by atoms with van der Waals surface area (Å²) in [4.78, 5) is 0. The molecule has 5 heteroatoms. The van der Waals surface area contributed by atoms with E-state index in [0.717, 1.165) is 41.5 Å². The van der Waals surface area contributed by atoms with Crippen molar-refractivity contribution in [3.8, 4) is 5.75 Å². The summed E-state index contributed by atoms with van der Waals surface area (Å²) in [5.74, 6) is 0.783. The van der Waals surface area contributed by atoms with Crippen LogP contribution in [0.4, 0.5) is 0 Å². The number of halogens is 1. The number of hydrogen-bond donors (Lipinski definition) is 1. The first-order chi connectivity index (χ1) is 10.2. The number of ether oxygens (including phenoxy) is 1. The van der Waals surface area contributed by atoms with Gasteiger partial charge in [0.15, 0.2) is 5.75 Å². The third-order valence-corrected chi connectivity index (χ3v) is 3.80. The molecule has 2 aromatic rings. The van der Waals surface area contributed by atoms with Crippen LogP contribution in [0.3, 0.4) is 0 Å². The lowest BCUT2D eigenvalue weighted by Crippen LogP contribution is -2.26.